The Kier molecular flexibility index (Phi) is 7.24. The van der Waals surface area contributed by atoms with Crippen LogP contribution in [0.2, 0.25) is 0 Å². The maximum absolute atomic E-state index is 13.2. The van der Waals surface area contributed by atoms with Gasteiger partial charge >= 0.3 is 12.2 Å². The summed E-state index contributed by atoms with van der Waals surface area (Å²) >= 11 is 0. The Morgan fingerprint density at radius 3 is 2.26 bits per heavy atom. The van der Waals surface area contributed by atoms with Gasteiger partial charge in [0, 0.05) is 31.0 Å². The summed E-state index contributed by atoms with van der Waals surface area (Å²) in [6.07, 6.45) is -2.57. The van der Waals surface area contributed by atoms with Crippen molar-refractivity contribution in [2.45, 2.75) is 25.6 Å². The summed E-state index contributed by atoms with van der Waals surface area (Å²) in [5.41, 5.74) is 1.07. The van der Waals surface area contributed by atoms with Gasteiger partial charge in [0.05, 0.1) is 16.8 Å². The van der Waals surface area contributed by atoms with Crippen molar-refractivity contribution in [3.8, 4) is 0 Å². The molecule has 0 unspecified atom stereocenters. The topological polar surface area (TPSA) is 73.5 Å². The maximum Gasteiger partial charge on any atom is 0.418 e. The molecule has 6 nitrogen and oxygen atoms in total. The second-order valence-corrected chi connectivity index (χ2v) is 8.22. The average Bonchev–Trinajstić information content (AvgIpc) is 3.37. The van der Waals surface area contributed by atoms with E-state index in [0.717, 1.165) is 43.2 Å². The van der Waals surface area contributed by atoms with Crippen LogP contribution in [0, 0.1) is 0 Å². The van der Waals surface area contributed by atoms with Gasteiger partial charge in [0.1, 0.15) is 0 Å². The highest BCUT2D eigenvalue weighted by molar-refractivity contribution is 6.04. The molecule has 0 aliphatic carbocycles. The van der Waals surface area contributed by atoms with E-state index in [1.807, 2.05) is 30.3 Å². The average molecular weight is 483 g/mol. The number of halogens is 3. The Labute approximate surface area is 201 Å². The van der Waals surface area contributed by atoms with Crippen molar-refractivity contribution in [1.29, 1.82) is 0 Å². The molecule has 3 aromatic rings. The summed E-state index contributed by atoms with van der Waals surface area (Å²) in [4.78, 5) is 27.7. The van der Waals surface area contributed by atoms with Gasteiger partial charge in [-0.25, -0.2) is 4.79 Å². The molecule has 1 aliphatic heterocycles. The number of para-hydroxylation sites is 1. The van der Waals surface area contributed by atoms with E-state index in [2.05, 4.69) is 20.9 Å². The number of benzene rings is 3. The van der Waals surface area contributed by atoms with Crippen molar-refractivity contribution in [1.82, 2.24) is 5.32 Å². The van der Waals surface area contributed by atoms with Crippen LogP contribution in [-0.4, -0.2) is 25.0 Å². The molecule has 0 radical (unpaired) electrons. The quantitative estimate of drug-likeness (QED) is 0.411. The molecule has 1 fully saturated rings. The minimum Gasteiger partial charge on any atom is -0.371 e. The predicted octanol–water partition coefficient (Wildman–Crippen LogP) is 5.88. The number of nitrogens with one attached hydrogen (secondary N) is 3. The molecule has 1 aliphatic rings. The third-order valence-corrected chi connectivity index (χ3v) is 5.72. The molecule has 3 amide bonds. The zero-order valence-electron chi connectivity index (χ0n) is 18.9. The van der Waals surface area contributed by atoms with E-state index >= 15 is 0 Å². The monoisotopic (exact) mass is 482 g/mol. The Bertz CT molecular complexity index is 1190. The highest BCUT2D eigenvalue weighted by atomic mass is 19.4. The van der Waals surface area contributed by atoms with E-state index < -0.39 is 17.8 Å². The Morgan fingerprint density at radius 1 is 0.857 bits per heavy atom. The summed E-state index contributed by atoms with van der Waals surface area (Å²) in [5.74, 6) is -0.303. The smallest absolute Gasteiger partial charge is 0.371 e. The first-order chi connectivity index (χ1) is 16.8. The molecule has 1 saturated heterocycles. The Hall–Kier alpha value is -4.01. The molecular formula is C26H25F3N4O2. The third-order valence-electron chi connectivity index (χ3n) is 5.72. The van der Waals surface area contributed by atoms with Crippen molar-refractivity contribution in [2.24, 2.45) is 0 Å². The van der Waals surface area contributed by atoms with E-state index in [9.17, 15) is 22.8 Å². The van der Waals surface area contributed by atoms with Gasteiger partial charge in [0.2, 0.25) is 0 Å². The molecule has 4 rings (SSSR count). The Balaban J connectivity index is 1.52. The summed E-state index contributed by atoms with van der Waals surface area (Å²) in [5, 5.41) is 7.69. The van der Waals surface area contributed by atoms with Gasteiger partial charge in [-0.1, -0.05) is 42.5 Å². The number of amides is 3. The number of carbonyl (C=O) groups is 2. The van der Waals surface area contributed by atoms with Gasteiger partial charge < -0.3 is 20.9 Å². The van der Waals surface area contributed by atoms with Gasteiger partial charge in [0.25, 0.3) is 5.91 Å². The zero-order chi connectivity index (χ0) is 24.8. The minimum atomic E-state index is -4.61. The first-order valence-electron chi connectivity index (χ1n) is 11.3. The van der Waals surface area contributed by atoms with Crippen LogP contribution in [0.4, 0.5) is 35.0 Å². The van der Waals surface area contributed by atoms with E-state index in [0.29, 0.717) is 17.8 Å². The predicted molar refractivity (Wildman–Crippen MR) is 130 cm³/mol. The van der Waals surface area contributed by atoms with E-state index in [4.69, 9.17) is 0 Å². The van der Waals surface area contributed by atoms with Crippen LogP contribution in [-0.2, 0) is 12.7 Å². The highest BCUT2D eigenvalue weighted by Crippen LogP contribution is 2.34. The van der Waals surface area contributed by atoms with Crippen molar-refractivity contribution in [3.63, 3.8) is 0 Å². The van der Waals surface area contributed by atoms with E-state index in [1.165, 1.54) is 18.2 Å². The number of hydrogen-bond donors (Lipinski definition) is 3. The molecule has 35 heavy (non-hydrogen) atoms. The lowest BCUT2D eigenvalue weighted by molar-refractivity contribution is -0.136. The fraction of sp³-hybridized carbons (Fsp3) is 0.231. The molecule has 0 saturated carbocycles. The van der Waals surface area contributed by atoms with Crippen LogP contribution >= 0.6 is 0 Å². The summed E-state index contributed by atoms with van der Waals surface area (Å²) in [6.45, 7) is 1.98. The van der Waals surface area contributed by atoms with Crippen molar-refractivity contribution in [3.05, 3.63) is 89.5 Å². The maximum atomic E-state index is 13.2. The molecule has 3 aromatic carbocycles. The lowest BCUT2D eigenvalue weighted by Gasteiger charge is -2.22. The fourth-order valence-corrected chi connectivity index (χ4v) is 4.03. The van der Waals surface area contributed by atoms with E-state index in [-0.39, 0.29) is 11.6 Å². The van der Waals surface area contributed by atoms with Crippen molar-refractivity contribution in [2.75, 3.05) is 28.6 Å². The summed E-state index contributed by atoms with van der Waals surface area (Å²) in [7, 11) is 0. The zero-order valence-corrected chi connectivity index (χ0v) is 18.9. The van der Waals surface area contributed by atoms with Gasteiger partial charge in [0.15, 0.2) is 0 Å². The second kappa shape index (κ2) is 10.5. The minimum absolute atomic E-state index is 0.291. The molecule has 0 spiro atoms. The molecule has 0 bridgehead atoms. The molecular weight excluding hydrogens is 457 g/mol. The highest BCUT2D eigenvalue weighted by Gasteiger charge is 2.33. The van der Waals surface area contributed by atoms with E-state index in [1.54, 1.807) is 18.2 Å². The van der Waals surface area contributed by atoms with Crippen molar-refractivity contribution >= 4 is 29.0 Å². The number of anilines is 3. The third kappa shape index (κ3) is 6.11. The number of hydrogen-bond acceptors (Lipinski definition) is 3. The lowest BCUT2D eigenvalue weighted by Crippen LogP contribution is -2.28. The molecule has 1 heterocycles. The van der Waals surface area contributed by atoms with Gasteiger partial charge in [-0.05, 0) is 48.7 Å². The number of alkyl halides is 3. The number of nitrogens with zero attached hydrogens (tertiary/aromatic N) is 1. The van der Waals surface area contributed by atoms with Gasteiger partial charge in [-0.2, -0.15) is 13.2 Å². The van der Waals surface area contributed by atoms with Crippen LogP contribution in [0.5, 0.6) is 0 Å². The van der Waals surface area contributed by atoms with Crippen LogP contribution in [0.3, 0.4) is 0 Å². The van der Waals surface area contributed by atoms with Crippen LogP contribution in [0.25, 0.3) is 0 Å². The summed E-state index contributed by atoms with van der Waals surface area (Å²) < 4.78 is 39.7. The number of rotatable bonds is 6. The summed E-state index contributed by atoms with van der Waals surface area (Å²) in [6, 6.07) is 18.3. The number of carbonyl (C=O) groups excluding carboxylic acids is 2. The van der Waals surface area contributed by atoms with Crippen LogP contribution in [0.1, 0.15) is 34.3 Å². The molecule has 182 valence electrons. The molecule has 0 atom stereocenters. The first-order valence-corrected chi connectivity index (χ1v) is 11.3. The molecule has 3 N–H and O–H groups in total. The SMILES string of the molecule is O=C(Nc1ccc(N2CCCC2)c(C(=O)NCc2ccccc2)c1)Nc1ccccc1C(F)(F)F. The second-order valence-electron chi connectivity index (χ2n) is 8.22. The normalized spacial score (nSPS) is 13.4. The fourth-order valence-electron chi connectivity index (χ4n) is 4.03. The largest absolute Gasteiger partial charge is 0.418 e. The molecule has 0 aromatic heterocycles. The number of urea groups is 1. The van der Waals surface area contributed by atoms with Gasteiger partial charge in [-0.3, -0.25) is 4.79 Å². The lowest BCUT2D eigenvalue weighted by atomic mass is 10.1. The van der Waals surface area contributed by atoms with Crippen LogP contribution < -0.4 is 20.9 Å². The van der Waals surface area contributed by atoms with Crippen LogP contribution in [0.15, 0.2) is 72.8 Å². The Morgan fingerprint density at radius 2 is 1.54 bits per heavy atom. The first kappa shape index (κ1) is 24.1. The standard InChI is InChI=1S/C26H25F3N4O2/c27-26(28,29)21-10-4-5-11-22(21)32-25(35)31-19-12-13-23(33-14-6-7-15-33)20(16-19)24(34)30-17-18-8-2-1-3-9-18/h1-5,8-13,16H,6-7,14-15,17H2,(H,30,34)(H2,31,32,35). The van der Waals surface area contributed by atoms with Gasteiger partial charge in [-0.15, -0.1) is 0 Å². The van der Waals surface area contributed by atoms with Crippen molar-refractivity contribution < 1.29 is 22.8 Å². The molecule has 9 heteroatoms.